The Kier molecular flexibility index (Phi) is 4.53. The first kappa shape index (κ1) is 18.7. The van der Waals surface area contributed by atoms with Crippen LogP contribution in [0.15, 0.2) is 30.6 Å². The van der Waals surface area contributed by atoms with Gasteiger partial charge in [0.2, 0.25) is 5.91 Å². The number of likely N-dealkylation sites (tertiary alicyclic amines) is 1. The standard InChI is InChI=1S/C18H17F3N4O2S/c19-18(20,21)10-14(26)25-7-3-17(4-8-25)23-12-9-13(11-1-5-22-6-2-11)28-15(12)16(27)24-17/h1-2,5-6,9,23H,3-4,7-8,10H2,(H,24,27). The quantitative estimate of drug-likeness (QED) is 0.797. The second kappa shape index (κ2) is 6.77. The molecule has 2 aromatic rings. The third-order valence-electron chi connectivity index (χ3n) is 4.95. The molecule has 0 atom stereocenters. The molecular weight excluding hydrogens is 393 g/mol. The van der Waals surface area contributed by atoms with Crippen LogP contribution < -0.4 is 10.6 Å². The van der Waals surface area contributed by atoms with Crippen LogP contribution in [0.25, 0.3) is 10.4 Å². The van der Waals surface area contributed by atoms with Crippen LogP contribution in [0.5, 0.6) is 0 Å². The fraction of sp³-hybridized carbons (Fsp3) is 0.389. The molecule has 2 aromatic heterocycles. The van der Waals surface area contributed by atoms with Crippen molar-refractivity contribution in [2.45, 2.75) is 31.1 Å². The van der Waals surface area contributed by atoms with Crippen molar-refractivity contribution in [3.05, 3.63) is 35.5 Å². The summed E-state index contributed by atoms with van der Waals surface area (Å²) in [5.41, 5.74) is 0.900. The van der Waals surface area contributed by atoms with Gasteiger partial charge in [-0.15, -0.1) is 11.3 Å². The van der Waals surface area contributed by atoms with Crippen molar-refractivity contribution in [2.24, 2.45) is 0 Å². The molecule has 1 saturated heterocycles. The summed E-state index contributed by atoms with van der Waals surface area (Å²) in [6.07, 6.45) is -1.94. The second-order valence-corrected chi connectivity index (χ2v) is 7.98. The SMILES string of the molecule is O=C1NC2(CCN(C(=O)CC(F)(F)F)CC2)Nc2cc(-c3ccncc3)sc21. The molecule has 0 aromatic carbocycles. The number of rotatable bonds is 2. The van der Waals surface area contributed by atoms with E-state index in [0.717, 1.165) is 10.4 Å². The van der Waals surface area contributed by atoms with Gasteiger partial charge in [-0.05, 0) is 23.8 Å². The fourth-order valence-corrected chi connectivity index (χ4v) is 4.56. The third kappa shape index (κ3) is 3.68. The minimum Gasteiger partial charge on any atom is -0.361 e. The first-order valence-corrected chi connectivity index (χ1v) is 9.56. The van der Waals surface area contributed by atoms with Crippen LogP contribution in [0, 0.1) is 0 Å². The van der Waals surface area contributed by atoms with Gasteiger partial charge in [-0.1, -0.05) is 0 Å². The number of piperidine rings is 1. The van der Waals surface area contributed by atoms with Gasteiger partial charge in [0.1, 0.15) is 17.0 Å². The predicted molar refractivity (Wildman–Crippen MR) is 97.9 cm³/mol. The summed E-state index contributed by atoms with van der Waals surface area (Å²) in [6, 6.07) is 5.61. The highest BCUT2D eigenvalue weighted by molar-refractivity contribution is 7.18. The number of carbonyl (C=O) groups excluding carboxylic acids is 2. The first-order chi connectivity index (χ1) is 13.2. The largest absolute Gasteiger partial charge is 0.397 e. The molecule has 0 saturated carbocycles. The topological polar surface area (TPSA) is 74.3 Å². The van der Waals surface area contributed by atoms with E-state index in [9.17, 15) is 22.8 Å². The van der Waals surface area contributed by atoms with Gasteiger partial charge in [-0.25, -0.2) is 0 Å². The lowest BCUT2D eigenvalue weighted by molar-refractivity contribution is -0.162. The molecule has 1 spiro atoms. The Labute approximate surface area is 162 Å². The van der Waals surface area contributed by atoms with Gasteiger partial charge >= 0.3 is 6.18 Å². The number of thiophene rings is 1. The van der Waals surface area contributed by atoms with Crippen molar-refractivity contribution in [3.63, 3.8) is 0 Å². The Hall–Kier alpha value is -2.62. The Morgan fingerprint density at radius 1 is 1.21 bits per heavy atom. The number of alkyl halides is 3. The lowest BCUT2D eigenvalue weighted by Crippen LogP contribution is -2.62. The van der Waals surface area contributed by atoms with Gasteiger partial charge in [0.15, 0.2) is 0 Å². The molecule has 148 valence electrons. The van der Waals surface area contributed by atoms with Crippen LogP contribution in [-0.4, -0.2) is 46.6 Å². The maximum absolute atomic E-state index is 12.6. The van der Waals surface area contributed by atoms with Crippen molar-refractivity contribution < 1.29 is 22.8 Å². The summed E-state index contributed by atoms with van der Waals surface area (Å²) in [5, 5.41) is 6.29. The monoisotopic (exact) mass is 410 g/mol. The summed E-state index contributed by atoms with van der Waals surface area (Å²) in [6.45, 7) is 0.303. The van der Waals surface area contributed by atoms with E-state index in [-0.39, 0.29) is 19.0 Å². The number of pyridine rings is 1. The van der Waals surface area contributed by atoms with Crippen LogP contribution in [0.3, 0.4) is 0 Å². The Morgan fingerprint density at radius 3 is 2.54 bits per heavy atom. The molecule has 0 unspecified atom stereocenters. The highest BCUT2D eigenvalue weighted by Gasteiger charge is 2.43. The van der Waals surface area contributed by atoms with E-state index in [2.05, 4.69) is 15.6 Å². The third-order valence-corrected chi connectivity index (χ3v) is 6.13. The molecule has 2 aliphatic rings. The van der Waals surface area contributed by atoms with E-state index in [1.54, 1.807) is 12.4 Å². The highest BCUT2D eigenvalue weighted by Crippen LogP contribution is 2.40. The zero-order valence-corrected chi connectivity index (χ0v) is 15.5. The van der Waals surface area contributed by atoms with Crippen LogP contribution in [-0.2, 0) is 4.79 Å². The first-order valence-electron chi connectivity index (χ1n) is 8.74. The van der Waals surface area contributed by atoms with E-state index >= 15 is 0 Å². The minimum atomic E-state index is -4.52. The fourth-order valence-electron chi connectivity index (χ4n) is 3.55. The summed E-state index contributed by atoms with van der Waals surface area (Å²) < 4.78 is 37.3. The average molecular weight is 410 g/mol. The molecule has 0 aliphatic carbocycles. The van der Waals surface area contributed by atoms with Gasteiger partial charge in [-0.3, -0.25) is 14.6 Å². The lowest BCUT2D eigenvalue weighted by atomic mass is 9.94. The minimum absolute atomic E-state index is 0.152. The zero-order chi connectivity index (χ0) is 19.9. The molecule has 1 fully saturated rings. The number of fused-ring (bicyclic) bond motifs is 1. The predicted octanol–water partition coefficient (Wildman–Crippen LogP) is 3.24. The zero-order valence-electron chi connectivity index (χ0n) is 14.7. The normalized spacial score (nSPS) is 18.4. The lowest BCUT2D eigenvalue weighted by Gasteiger charge is -2.45. The van der Waals surface area contributed by atoms with Crippen LogP contribution >= 0.6 is 11.3 Å². The number of aromatic nitrogens is 1. The molecular formula is C18H17F3N4O2S. The van der Waals surface area contributed by atoms with Crippen molar-refractivity contribution in [2.75, 3.05) is 18.4 Å². The summed E-state index contributed by atoms with van der Waals surface area (Å²) in [5.74, 6) is -1.14. The molecule has 0 radical (unpaired) electrons. The number of amides is 2. The summed E-state index contributed by atoms with van der Waals surface area (Å²) in [4.78, 5) is 31.1. The molecule has 2 aliphatic heterocycles. The summed E-state index contributed by atoms with van der Waals surface area (Å²) >= 11 is 1.36. The molecule has 4 heterocycles. The number of hydrogen-bond donors (Lipinski definition) is 2. The Bertz CT molecular complexity index is 905. The molecule has 2 N–H and O–H groups in total. The van der Waals surface area contributed by atoms with E-state index < -0.39 is 24.2 Å². The van der Waals surface area contributed by atoms with Gasteiger partial charge < -0.3 is 15.5 Å². The molecule has 28 heavy (non-hydrogen) atoms. The molecule has 2 amide bonds. The molecule has 4 rings (SSSR count). The van der Waals surface area contributed by atoms with Gasteiger partial charge in [-0.2, -0.15) is 13.2 Å². The molecule has 6 nitrogen and oxygen atoms in total. The van der Waals surface area contributed by atoms with E-state index in [4.69, 9.17) is 0 Å². The maximum Gasteiger partial charge on any atom is 0.397 e. The smallest absolute Gasteiger partial charge is 0.361 e. The second-order valence-electron chi connectivity index (χ2n) is 6.92. The molecule has 10 heteroatoms. The average Bonchev–Trinajstić information content (AvgIpc) is 3.06. The van der Waals surface area contributed by atoms with Crippen molar-refractivity contribution >= 4 is 28.8 Å². The number of halogens is 3. The number of nitrogens with zero attached hydrogens (tertiary/aromatic N) is 2. The van der Waals surface area contributed by atoms with E-state index in [1.807, 2.05) is 18.2 Å². The number of hydrogen-bond acceptors (Lipinski definition) is 5. The Balaban J connectivity index is 1.48. The van der Waals surface area contributed by atoms with Gasteiger partial charge in [0, 0.05) is 43.2 Å². The maximum atomic E-state index is 12.6. The highest BCUT2D eigenvalue weighted by atomic mass is 32.1. The number of nitrogens with one attached hydrogen (secondary N) is 2. The van der Waals surface area contributed by atoms with Crippen LogP contribution in [0.2, 0.25) is 0 Å². The van der Waals surface area contributed by atoms with E-state index in [0.29, 0.717) is 23.4 Å². The van der Waals surface area contributed by atoms with Gasteiger partial charge in [0.05, 0.1) is 5.69 Å². The van der Waals surface area contributed by atoms with Crippen molar-refractivity contribution in [1.82, 2.24) is 15.2 Å². The van der Waals surface area contributed by atoms with Crippen molar-refractivity contribution in [1.29, 1.82) is 0 Å². The summed E-state index contributed by atoms with van der Waals surface area (Å²) in [7, 11) is 0. The van der Waals surface area contributed by atoms with Crippen LogP contribution in [0.1, 0.15) is 28.9 Å². The number of carbonyl (C=O) groups is 2. The number of anilines is 1. The van der Waals surface area contributed by atoms with Crippen LogP contribution in [0.4, 0.5) is 18.9 Å². The van der Waals surface area contributed by atoms with Crippen molar-refractivity contribution in [3.8, 4) is 10.4 Å². The Morgan fingerprint density at radius 2 is 1.89 bits per heavy atom. The van der Waals surface area contributed by atoms with Gasteiger partial charge in [0.25, 0.3) is 5.91 Å². The molecule has 0 bridgehead atoms. The van der Waals surface area contributed by atoms with E-state index in [1.165, 1.54) is 16.2 Å².